The Morgan fingerprint density at radius 3 is 2.79 bits per heavy atom. The Labute approximate surface area is 145 Å². The van der Waals surface area contributed by atoms with Crippen molar-refractivity contribution in [2.45, 2.75) is 13.0 Å². The van der Waals surface area contributed by atoms with Gasteiger partial charge in [0.1, 0.15) is 0 Å². The average Bonchev–Trinajstić information content (AvgIpc) is 3.23. The van der Waals surface area contributed by atoms with Crippen LogP contribution in [0.3, 0.4) is 0 Å². The maximum atomic E-state index is 12.8. The highest BCUT2D eigenvalue weighted by Gasteiger charge is 2.25. The number of benzene rings is 2. The van der Waals surface area contributed by atoms with Crippen molar-refractivity contribution in [2.75, 3.05) is 11.4 Å². The van der Waals surface area contributed by atoms with E-state index < -0.39 is 0 Å². The molecule has 0 saturated heterocycles. The molecule has 1 aliphatic rings. The first-order valence-electron chi connectivity index (χ1n) is 7.88. The van der Waals surface area contributed by atoms with Gasteiger partial charge in [0.15, 0.2) is 0 Å². The Kier molecular flexibility index (Phi) is 3.82. The SMILES string of the molecule is O=C(c1cnn(Cc2ccccc2Cl)c1)N1CCc2ccccc21. The quantitative estimate of drug-likeness (QED) is 0.729. The average molecular weight is 338 g/mol. The van der Waals surface area contributed by atoms with E-state index in [1.54, 1.807) is 17.1 Å². The number of halogens is 1. The van der Waals surface area contributed by atoms with Crippen molar-refractivity contribution < 1.29 is 4.79 Å². The van der Waals surface area contributed by atoms with Gasteiger partial charge in [-0.25, -0.2) is 0 Å². The van der Waals surface area contributed by atoms with Gasteiger partial charge >= 0.3 is 0 Å². The number of carbonyl (C=O) groups excluding carboxylic acids is 1. The van der Waals surface area contributed by atoms with Crippen LogP contribution in [-0.2, 0) is 13.0 Å². The zero-order valence-corrected chi connectivity index (χ0v) is 13.8. The predicted octanol–water partition coefficient (Wildman–Crippen LogP) is 3.79. The number of rotatable bonds is 3. The third-order valence-electron chi connectivity index (χ3n) is 4.30. The van der Waals surface area contributed by atoms with Gasteiger partial charge in [0.25, 0.3) is 5.91 Å². The summed E-state index contributed by atoms with van der Waals surface area (Å²) in [6, 6.07) is 15.7. The summed E-state index contributed by atoms with van der Waals surface area (Å²) in [7, 11) is 0. The third kappa shape index (κ3) is 2.69. The van der Waals surface area contributed by atoms with E-state index in [9.17, 15) is 4.79 Å². The summed E-state index contributed by atoms with van der Waals surface area (Å²) in [6.45, 7) is 1.26. The summed E-state index contributed by atoms with van der Waals surface area (Å²) in [5.41, 5.74) is 3.79. The molecule has 0 atom stereocenters. The minimum atomic E-state index is -0.00893. The smallest absolute Gasteiger partial charge is 0.261 e. The van der Waals surface area contributed by atoms with E-state index in [-0.39, 0.29) is 5.91 Å². The number of para-hydroxylation sites is 1. The van der Waals surface area contributed by atoms with Gasteiger partial charge in [-0.2, -0.15) is 5.10 Å². The second kappa shape index (κ2) is 6.13. The predicted molar refractivity (Wildman–Crippen MR) is 94.6 cm³/mol. The van der Waals surface area contributed by atoms with E-state index in [2.05, 4.69) is 11.2 Å². The summed E-state index contributed by atoms with van der Waals surface area (Å²) in [6.07, 6.45) is 4.31. The zero-order valence-electron chi connectivity index (χ0n) is 13.0. The van der Waals surface area contributed by atoms with Crippen LogP contribution in [0.15, 0.2) is 60.9 Å². The topological polar surface area (TPSA) is 38.1 Å². The number of amides is 1. The van der Waals surface area contributed by atoms with Crippen molar-refractivity contribution in [3.63, 3.8) is 0 Å². The third-order valence-corrected chi connectivity index (χ3v) is 4.67. The fourth-order valence-corrected chi connectivity index (χ4v) is 3.26. The van der Waals surface area contributed by atoms with Crippen LogP contribution in [0.5, 0.6) is 0 Å². The van der Waals surface area contributed by atoms with Crippen LogP contribution >= 0.6 is 11.6 Å². The Balaban J connectivity index is 1.55. The largest absolute Gasteiger partial charge is 0.308 e. The van der Waals surface area contributed by atoms with Gasteiger partial charge in [0.05, 0.1) is 18.3 Å². The van der Waals surface area contributed by atoms with E-state index in [0.717, 1.165) is 17.7 Å². The number of hydrogen-bond donors (Lipinski definition) is 0. The number of aromatic nitrogens is 2. The molecule has 5 heteroatoms. The Morgan fingerprint density at radius 2 is 1.92 bits per heavy atom. The molecule has 0 N–H and O–H groups in total. The second-order valence-electron chi connectivity index (χ2n) is 5.85. The van der Waals surface area contributed by atoms with Crippen molar-refractivity contribution in [1.82, 2.24) is 9.78 Å². The van der Waals surface area contributed by atoms with E-state index in [1.165, 1.54) is 5.56 Å². The monoisotopic (exact) mass is 337 g/mol. The van der Waals surface area contributed by atoms with Crippen molar-refractivity contribution >= 4 is 23.2 Å². The van der Waals surface area contributed by atoms with Crippen LogP contribution < -0.4 is 4.90 Å². The Hall–Kier alpha value is -2.59. The van der Waals surface area contributed by atoms with Crippen molar-refractivity contribution in [3.8, 4) is 0 Å². The van der Waals surface area contributed by atoms with Crippen molar-refractivity contribution in [2.24, 2.45) is 0 Å². The van der Waals surface area contributed by atoms with Crippen LogP contribution in [0.1, 0.15) is 21.5 Å². The lowest BCUT2D eigenvalue weighted by Gasteiger charge is -2.16. The molecule has 2 aromatic carbocycles. The van der Waals surface area contributed by atoms with Gasteiger partial charge in [0, 0.05) is 23.5 Å². The van der Waals surface area contributed by atoms with Crippen LogP contribution in [-0.4, -0.2) is 22.2 Å². The maximum absolute atomic E-state index is 12.8. The molecular weight excluding hydrogens is 322 g/mol. The molecule has 2 heterocycles. The number of carbonyl (C=O) groups is 1. The molecule has 4 nitrogen and oxygen atoms in total. The highest BCUT2D eigenvalue weighted by Crippen LogP contribution is 2.28. The van der Waals surface area contributed by atoms with Crippen molar-refractivity contribution in [3.05, 3.63) is 82.6 Å². The molecule has 0 bridgehead atoms. The minimum absolute atomic E-state index is 0.00893. The fourth-order valence-electron chi connectivity index (χ4n) is 3.07. The summed E-state index contributed by atoms with van der Waals surface area (Å²) in [4.78, 5) is 14.6. The molecule has 4 rings (SSSR count). The molecule has 0 saturated carbocycles. The molecule has 0 unspecified atom stereocenters. The van der Waals surface area contributed by atoms with E-state index in [1.807, 2.05) is 47.4 Å². The van der Waals surface area contributed by atoms with Gasteiger partial charge in [-0.05, 0) is 29.7 Å². The number of hydrogen-bond acceptors (Lipinski definition) is 2. The van der Waals surface area contributed by atoms with Crippen LogP contribution in [0.25, 0.3) is 0 Å². The number of fused-ring (bicyclic) bond motifs is 1. The number of nitrogens with zero attached hydrogens (tertiary/aromatic N) is 3. The number of anilines is 1. The lowest BCUT2D eigenvalue weighted by atomic mass is 10.2. The van der Waals surface area contributed by atoms with E-state index >= 15 is 0 Å². The van der Waals surface area contributed by atoms with Gasteiger partial charge < -0.3 is 4.90 Å². The first kappa shape index (κ1) is 15.0. The zero-order chi connectivity index (χ0) is 16.5. The van der Waals surface area contributed by atoms with Gasteiger partial charge in [-0.1, -0.05) is 48.0 Å². The molecule has 1 aliphatic heterocycles. The van der Waals surface area contributed by atoms with E-state index in [0.29, 0.717) is 23.7 Å². The Bertz CT molecular complexity index is 903. The molecule has 1 aromatic heterocycles. The highest BCUT2D eigenvalue weighted by atomic mass is 35.5. The van der Waals surface area contributed by atoms with Gasteiger partial charge in [0.2, 0.25) is 0 Å². The molecule has 3 aromatic rings. The molecule has 0 spiro atoms. The highest BCUT2D eigenvalue weighted by molar-refractivity contribution is 6.31. The Morgan fingerprint density at radius 1 is 1.12 bits per heavy atom. The summed E-state index contributed by atoms with van der Waals surface area (Å²) >= 11 is 6.19. The fraction of sp³-hybridized carbons (Fsp3) is 0.158. The second-order valence-corrected chi connectivity index (χ2v) is 6.26. The minimum Gasteiger partial charge on any atom is -0.308 e. The lowest BCUT2D eigenvalue weighted by Crippen LogP contribution is -2.28. The summed E-state index contributed by atoms with van der Waals surface area (Å²) < 4.78 is 1.75. The normalized spacial score (nSPS) is 13.1. The molecule has 0 fully saturated rings. The molecule has 0 aliphatic carbocycles. The van der Waals surface area contributed by atoms with Crippen LogP contribution in [0, 0.1) is 0 Å². The maximum Gasteiger partial charge on any atom is 0.261 e. The van der Waals surface area contributed by atoms with Crippen molar-refractivity contribution in [1.29, 1.82) is 0 Å². The molecular formula is C19H16ClN3O. The molecule has 1 amide bonds. The molecule has 0 radical (unpaired) electrons. The van der Waals surface area contributed by atoms with Gasteiger partial charge in [-0.3, -0.25) is 9.48 Å². The summed E-state index contributed by atoms with van der Waals surface area (Å²) in [5.74, 6) is -0.00893. The standard InChI is InChI=1S/C19H16ClN3O/c20-17-7-3-1-6-15(17)12-22-13-16(11-21-22)19(24)23-10-9-14-5-2-4-8-18(14)23/h1-8,11,13H,9-10,12H2. The van der Waals surface area contributed by atoms with Crippen LogP contribution in [0.2, 0.25) is 5.02 Å². The summed E-state index contributed by atoms with van der Waals surface area (Å²) in [5, 5.41) is 5.01. The lowest BCUT2D eigenvalue weighted by molar-refractivity contribution is 0.0989. The molecule has 24 heavy (non-hydrogen) atoms. The molecule has 120 valence electrons. The van der Waals surface area contributed by atoms with Crippen LogP contribution in [0.4, 0.5) is 5.69 Å². The first-order valence-corrected chi connectivity index (χ1v) is 8.26. The first-order chi connectivity index (χ1) is 11.7. The van der Waals surface area contributed by atoms with E-state index in [4.69, 9.17) is 11.6 Å². The van der Waals surface area contributed by atoms with Gasteiger partial charge in [-0.15, -0.1) is 0 Å².